The average Bonchev–Trinajstić information content (AvgIpc) is 2.30. The minimum absolute atomic E-state index is 0.531. The molecular weight excluding hydrogens is 208 g/mol. The Morgan fingerprint density at radius 3 is 2.53 bits per heavy atom. The van der Waals surface area contributed by atoms with Crippen LogP contribution in [0.5, 0.6) is 0 Å². The maximum atomic E-state index is 5.89. The molecule has 1 aliphatic rings. The highest BCUT2D eigenvalue weighted by Crippen LogP contribution is 2.20. The predicted octanol–water partition coefficient (Wildman–Crippen LogP) is 5.03. The van der Waals surface area contributed by atoms with Crippen LogP contribution in [0.25, 0.3) is 0 Å². The van der Waals surface area contributed by atoms with E-state index in [2.05, 4.69) is 26.5 Å². The molecule has 0 aliphatic heterocycles. The van der Waals surface area contributed by atoms with Crippen molar-refractivity contribution < 1.29 is 4.74 Å². The molecule has 0 radical (unpaired) electrons. The van der Waals surface area contributed by atoms with Crippen LogP contribution in [0, 0.1) is 0 Å². The Morgan fingerprint density at radius 1 is 1.18 bits per heavy atom. The Labute approximate surface area is 107 Å². The lowest BCUT2D eigenvalue weighted by atomic mass is 9.98. The highest BCUT2D eigenvalue weighted by molar-refractivity contribution is 4.99. The van der Waals surface area contributed by atoms with Gasteiger partial charge in [-0.2, -0.15) is 0 Å². The normalized spacial score (nSPS) is 18.4. The van der Waals surface area contributed by atoms with E-state index in [9.17, 15) is 0 Å². The summed E-state index contributed by atoms with van der Waals surface area (Å²) in [4.78, 5) is 0. The summed E-state index contributed by atoms with van der Waals surface area (Å²) in [6.45, 7) is 9.05. The molecule has 1 nitrogen and oxygen atoms in total. The monoisotopic (exact) mass is 236 g/mol. The van der Waals surface area contributed by atoms with Crippen molar-refractivity contribution in [1.82, 2.24) is 0 Å². The van der Waals surface area contributed by atoms with Crippen LogP contribution in [0.4, 0.5) is 0 Å². The zero-order valence-electron chi connectivity index (χ0n) is 11.6. The fraction of sp³-hybridized carbons (Fsp3) is 0.750. The smallest absolute Gasteiger partial charge is 0.0653 e. The average molecular weight is 236 g/mol. The van der Waals surface area contributed by atoms with Gasteiger partial charge in [-0.3, -0.25) is 0 Å². The minimum atomic E-state index is 0.531. The summed E-state index contributed by atoms with van der Waals surface area (Å²) in [5.74, 6) is 0. The molecule has 0 atom stereocenters. The van der Waals surface area contributed by atoms with Gasteiger partial charge in [-0.25, -0.2) is 0 Å². The highest BCUT2D eigenvalue weighted by Gasteiger charge is 2.12. The number of ether oxygens (including phenoxy) is 1. The first kappa shape index (κ1) is 14.5. The van der Waals surface area contributed by atoms with Crippen LogP contribution in [-0.2, 0) is 4.74 Å². The van der Waals surface area contributed by atoms with Gasteiger partial charge in [0, 0.05) is 0 Å². The van der Waals surface area contributed by atoms with E-state index in [1.54, 1.807) is 0 Å². The van der Waals surface area contributed by atoms with Gasteiger partial charge in [0.15, 0.2) is 0 Å². The fourth-order valence-corrected chi connectivity index (χ4v) is 2.33. The van der Waals surface area contributed by atoms with Crippen LogP contribution in [0.3, 0.4) is 0 Å². The lowest BCUT2D eigenvalue weighted by molar-refractivity contribution is 0.0463. The molecule has 0 saturated heterocycles. The zero-order valence-corrected chi connectivity index (χ0v) is 11.6. The Hall–Kier alpha value is -0.560. The third-order valence-corrected chi connectivity index (χ3v) is 3.49. The molecule has 1 rings (SSSR count). The molecule has 0 spiro atoms. The van der Waals surface area contributed by atoms with E-state index in [0.717, 1.165) is 13.0 Å². The molecule has 0 heterocycles. The van der Waals surface area contributed by atoms with Crippen molar-refractivity contribution in [1.29, 1.82) is 0 Å². The fourth-order valence-electron chi connectivity index (χ4n) is 2.33. The lowest BCUT2D eigenvalue weighted by Gasteiger charge is -2.21. The highest BCUT2D eigenvalue weighted by atomic mass is 16.5. The second kappa shape index (κ2) is 8.52. The quantitative estimate of drug-likeness (QED) is 0.563. The van der Waals surface area contributed by atoms with Crippen molar-refractivity contribution in [2.24, 2.45) is 0 Å². The molecule has 1 fully saturated rings. The van der Waals surface area contributed by atoms with Crippen LogP contribution >= 0.6 is 0 Å². The lowest BCUT2D eigenvalue weighted by Crippen LogP contribution is -2.16. The number of rotatable bonds is 7. The van der Waals surface area contributed by atoms with Crippen LogP contribution in [-0.4, -0.2) is 12.7 Å². The van der Waals surface area contributed by atoms with Gasteiger partial charge in [-0.15, -0.1) is 6.58 Å². The molecule has 0 aromatic carbocycles. The van der Waals surface area contributed by atoms with E-state index < -0.39 is 0 Å². The Morgan fingerprint density at radius 2 is 1.88 bits per heavy atom. The first-order chi connectivity index (χ1) is 8.18. The van der Waals surface area contributed by atoms with Gasteiger partial charge in [0.05, 0.1) is 12.7 Å². The van der Waals surface area contributed by atoms with E-state index in [0.29, 0.717) is 6.10 Å². The number of hydrogen-bond donors (Lipinski definition) is 0. The molecule has 1 saturated carbocycles. The summed E-state index contributed by atoms with van der Waals surface area (Å²) in [6, 6.07) is 0. The van der Waals surface area contributed by atoms with Crippen LogP contribution in [0.1, 0.15) is 65.2 Å². The Bertz CT molecular complexity index is 246. The first-order valence-corrected chi connectivity index (χ1v) is 7.10. The van der Waals surface area contributed by atoms with Crippen LogP contribution in [0.15, 0.2) is 23.8 Å². The zero-order chi connectivity index (χ0) is 12.5. The molecule has 98 valence electrons. The second-order valence-electron chi connectivity index (χ2n) is 5.45. The maximum Gasteiger partial charge on any atom is 0.0653 e. The first-order valence-electron chi connectivity index (χ1n) is 7.10. The van der Waals surface area contributed by atoms with Gasteiger partial charge in [-0.1, -0.05) is 36.5 Å². The van der Waals surface area contributed by atoms with Gasteiger partial charge in [0.1, 0.15) is 0 Å². The molecule has 1 heteroatoms. The minimum Gasteiger partial charge on any atom is -0.374 e. The van der Waals surface area contributed by atoms with E-state index in [1.165, 1.54) is 56.1 Å². The molecule has 0 N–H and O–H groups in total. The SMILES string of the molecule is C=C(C)CCC/C(C)=C/COC1CCCCC1. The third kappa shape index (κ3) is 7.38. The Kier molecular flexibility index (Phi) is 7.27. The molecule has 0 aromatic rings. The summed E-state index contributed by atoms with van der Waals surface area (Å²) in [7, 11) is 0. The van der Waals surface area contributed by atoms with Crippen molar-refractivity contribution in [2.45, 2.75) is 71.3 Å². The van der Waals surface area contributed by atoms with E-state index >= 15 is 0 Å². The predicted molar refractivity (Wildman–Crippen MR) is 75.2 cm³/mol. The van der Waals surface area contributed by atoms with Gasteiger partial charge >= 0.3 is 0 Å². The molecule has 17 heavy (non-hydrogen) atoms. The second-order valence-corrected chi connectivity index (χ2v) is 5.45. The molecule has 0 amide bonds. The van der Waals surface area contributed by atoms with Gasteiger partial charge < -0.3 is 4.74 Å². The molecule has 0 aromatic heterocycles. The maximum absolute atomic E-state index is 5.89. The van der Waals surface area contributed by atoms with Crippen molar-refractivity contribution in [3.8, 4) is 0 Å². The van der Waals surface area contributed by atoms with Crippen molar-refractivity contribution in [3.63, 3.8) is 0 Å². The van der Waals surface area contributed by atoms with E-state index in [4.69, 9.17) is 4.74 Å². The van der Waals surface area contributed by atoms with Crippen molar-refractivity contribution in [2.75, 3.05) is 6.61 Å². The van der Waals surface area contributed by atoms with Crippen molar-refractivity contribution >= 4 is 0 Å². The molecule has 0 bridgehead atoms. The number of hydrogen-bond acceptors (Lipinski definition) is 1. The third-order valence-electron chi connectivity index (χ3n) is 3.49. The van der Waals surface area contributed by atoms with Gasteiger partial charge in [0.25, 0.3) is 0 Å². The Balaban J connectivity index is 2.07. The van der Waals surface area contributed by atoms with Gasteiger partial charge in [0.2, 0.25) is 0 Å². The van der Waals surface area contributed by atoms with Gasteiger partial charge in [-0.05, 0) is 46.0 Å². The van der Waals surface area contributed by atoms with Crippen LogP contribution < -0.4 is 0 Å². The summed E-state index contributed by atoms with van der Waals surface area (Å²) in [6.07, 6.45) is 13.0. The summed E-state index contributed by atoms with van der Waals surface area (Å²) >= 11 is 0. The molecule has 1 aliphatic carbocycles. The summed E-state index contributed by atoms with van der Waals surface area (Å²) < 4.78 is 5.89. The van der Waals surface area contributed by atoms with Crippen LogP contribution in [0.2, 0.25) is 0 Å². The standard InChI is InChI=1S/C16H28O/c1-14(2)8-7-9-15(3)12-13-17-16-10-5-4-6-11-16/h12,16H,1,4-11,13H2,2-3H3/b15-12+. The topological polar surface area (TPSA) is 9.23 Å². The molecule has 0 unspecified atom stereocenters. The van der Waals surface area contributed by atoms with E-state index in [-0.39, 0.29) is 0 Å². The summed E-state index contributed by atoms with van der Waals surface area (Å²) in [5, 5.41) is 0. The summed E-state index contributed by atoms with van der Waals surface area (Å²) in [5.41, 5.74) is 2.75. The van der Waals surface area contributed by atoms with E-state index in [1.807, 2.05) is 0 Å². The molecular formula is C16H28O. The largest absolute Gasteiger partial charge is 0.374 e. The van der Waals surface area contributed by atoms with Crippen molar-refractivity contribution in [3.05, 3.63) is 23.8 Å². The number of allylic oxidation sites excluding steroid dienone is 2.